The molecule has 0 aromatic carbocycles. The second-order valence-electron chi connectivity index (χ2n) is 1.97. The van der Waals surface area contributed by atoms with Gasteiger partial charge in [-0.1, -0.05) is 6.58 Å². The van der Waals surface area contributed by atoms with E-state index in [4.69, 9.17) is 0 Å². The van der Waals surface area contributed by atoms with Gasteiger partial charge in [0.25, 0.3) is 5.91 Å². The van der Waals surface area contributed by atoms with Crippen LogP contribution in [0.2, 0.25) is 0 Å². The van der Waals surface area contributed by atoms with Gasteiger partial charge in [-0.3, -0.25) is 4.79 Å². The first-order valence-electron chi connectivity index (χ1n) is 2.66. The quantitative estimate of drug-likeness (QED) is 0.472. The van der Waals surface area contributed by atoms with Crippen molar-refractivity contribution in [3.8, 4) is 0 Å². The minimum Gasteiger partial charge on any atom is -0.267 e. The summed E-state index contributed by atoms with van der Waals surface area (Å²) in [5.74, 6) is -0.164. The molecule has 1 amide bonds. The zero-order valence-electron chi connectivity index (χ0n) is 5.22. The Balaban J connectivity index is 2.95. The van der Waals surface area contributed by atoms with Crippen LogP contribution in [0.25, 0.3) is 0 Å². The van der Waals surface area contributed by atoms with Crippen molar-refractivity contribution >= 4 is 12.1 Å². The van der Waals surface area contributed by atoms with Gasteiger partial charge in [-0.05, 0) is 18.6 Å². The molecule has 2 nitrogen and oxygen atoms in total. The summed E-state index contributed by atoms with van der Waals surface area (Å²) < 4.78 is 0. The Labute approximate surface area is 53.6 Å². The molecular weight excluding hydrogens is 114 g/mol. The lowest BCUT2D eigenvalue weighted by Crippen LogP contribution is -2.01. The first kappa shape index (κ1) is 5.95. The Morgan fingerprint density at radius 2 is 2.33 bits per heavy atom. The highest BCUT2D eigenvalue weighted by Gasteiger charge is 2.04. The molecule has 0 saturated carbocycles. The number of allylic oxidation sites excluding steroid dienone is 2. The first-order chi connectivity index (χ1) is 4.20. The van der Waals surface area contributed by atoms with Crippen molar-refractivity contribution in [2.75, 3.05) is 0 Å². The smallest absolute Gasteiger partial charge is 0.267 e. The minimum atomic E-state index is -0.164. The summed E-state index contributed by atoms with van der Waals surface area (Å²) in [6.45, 7) is 5.35. The number of amides is 1. The molecule has 0 saturated heterocycles. The Morgan fingerprint density at radius 3 is 2.78 bits per heavy atom. The predicted octanol–water partition coefficient (Wildman–Crippen LogP) is 1.10. The number of rotatable bonds is 0. The van der Waals surface area contributed by atoms with Crippen LogP contribution in [-0.2, 0) is 4.79 Å². The van der Waals surface area contributed by atoms with Gasteiger partial charge in [0.05, 0.1) is 0 Å². The molecule has 1 heterocycles. The first-order valence-corrected chi connectivity index (χ1v) is 2.66. The van der Waals surface area contributed by atoms with E-state index in [1.165, 1.54) is 6.21 Å². The third-order valence-corrected chi connectivity index (χ3v) is 1.09. The molecule has 2 heteroatoms. The molecule has 0 radical (unpaired) electrons. The van der Waals surface area contributed by atoms with Crippen molar-refractivity contribution in [3.05, 3.63) is 23.8 Å². The summed E-state index contributed by atoms with van der Waals surface area (Å²) in [5, 5.41) is 0. The van der Waals surface area contributed by atoms with E-state index in [0.29, 0.717) is 5.57 Å². The lowest BCUT2D eigenvalue weighted by Gasteiger charge is -1.99. The van der Waals surface area contributed by atoms with E-state index in [2.05, 4.69) is 11.6 Å². The highest BCUT2D eigenvalue weighted by Crippen LogP contribution is 2.05. The zero-order valence-corrected chi connectivity index (χ0v) is 5.22. The van der Waals surface area contributed by atoms with E-state index in [0.717, 1.165) is 5.57 Å². The fraction of sp³-hybridized carbons (Fsp3) is 0.143. The summed E-state index contributed by atoms with van der Waals surface area (Å²) in [4.78, 5) is 14.2. The van der Waals surface area contributed by atoms with Crippen molar-refractivity contribution in [3.63, 3.8) is 0 Å². The largest absolute Gasteiger partial charge is 0.272 e. The molecule has 0 aliphatic carbocycles. The summed E-state index contributed by atoms with van der Waals surface area (Å²) >= 11 is 0. The van der Waals surface area contributed by atoms with Crippen molar-refractivity contribution in [1.29, 1.82) is 0 Å². The van der Waals surface area contributed by atoms with Gasteiger partial charge in [0.15, 0.2) is 0 Å². The normalized spacial score (nSPS) is 18.1. The average Bonchev–Trinajstić information content (AvgIpc) is 1.80. The van der Waals surface area contributed by atoms with Gasteiger partial charge in [-0.2, -0.15) is 0 Å². The lowest BCUT2D eigenvalue weighted by molar-refractivity contribution is -0.114. The Hall–Kier alpha value is -1.18. The van der Waals surface area contributed by atoms with Crippen LogP contribution in [0.15, 0.2) is 28.8 Å². The summed E-state index contributed by atoms with van der Waals surface area (Å²) in [6.07, 6.45) is 3.19. The van der Waals surface area contributed by atoms with Crippen LogP contribution < -0.4 is 0 Å². The number of dihydropyridines is 1. The summed E-state index contributed by atoms with van der Waals surface area (Å²) in [6, 6.07) is 0. The molecule has 1 rings (SSSR count). The molecular formula is C7H7NO. The monoisotopic (exact) mass is 121 g/mol. The van der Waals surface area contributed by atoms with Gasteiger partial charge in [0.2, 0.25) is 0 Å². The molecule has 9 heavy (non-hydrogen) atoms. The van der Waals surface area contributed by atoms with Gasteiger partial charge in [0, 0.05) is 11.8 Å². The predicted molar refractivity (Wildman–Crippen MR) is 36.4 cm³/mol. The van der Waals surface area contributed by atoms with Gasteiger partial charge in [0.1, 0.15) is 0 Å². The van der Waals surface area contributed by atoms with Gasteiger partial charge < -0.3 is 0 Å². The van der Waals surface area contributed by atoms with Crippen LogP contribution in [0, 0.1) is 0 Å². The molecule has 0 N–H and O–H groups in total. The molecule has 0 bridgehead atoms. The fourth-order valence-electron chi connectivity index (χ4n) is 0.620. The number of hydrogen-bond acceptors (Lipinski definition) is 1. The molecule has 1 aliphatic rings. The maximum absolute atomic E-state index is 10.6. The molecule has 0 unspecified atom stereocenters. The number of aliphatic imine (C=N–C) groups is 1. The van der Waals surface area contributed by atoms with Crippen LogP contribution in [0.1, 0.15) is 6.92 Å². The Bertz CT molecular complexity index is 223. The van der Waals surface area contributed by atoms with Crippen LogP contribution in [0.4, 0.5) is 0 Å². The van der Waals surface area contributed by atoms with Crippen molar-refractivity contribution in [2.24, 2.45) is 4.99 Å². The average molecular weight is 121 g/mol. The van der Waals surface area contributed by atoms with E-state index < -0.39 is 0 Å². The fourth-order valence-corrected chi connectivity index (χ4v) is 0.620. The highest BCUT2D eigenvalue weighted by atomic mass is 16.1. The number of carbonyl (C=O) groups excluding carboxylic acids is 1. The second kappa shape index (κ2) is 1.97. The third kappa shape index (κ3) is 1.13. The topological polar surface area (TPSA) is 29.4 Å². The molecule has 0 fully saturated rings. The van der Waals surface area contributed by atoms with Crippen molar-refractivity contribution in [2.45, 2.75) is 6.92 Å². The molecule has 0 aromatic heterocycles. The van der Waals surface area contributed by atoms with Gasteiger partial charge >= 0.3 is 0 Å². The highest BCUT2D eigenvalue weighted by molar-refractivity contribution is 6.05. The molecule has 46 valence electrons. The van der Waals surface area contributed by atoms with Crippen LogP contribution in [0.3, 0.4) is 0 Å². The van der Waals surface area contributed by atoms with Gasteiger partial charge in [-0.15, -0.1) is 0 Å². The lowest BCUT2D eigenvalue weighted by atomic mass is 10.1. The van der Waals surface area contributed by atoms with Crippen molar-refractivity contribution in [1.82, 2.24) is 0 Å². The van der Waals surface area contributed by atoms with Crippen LogP contribution in [-0.4, -0.2) is 12.1 Å². The summed E-state index contributed by atoms with van der Waals surface area (Å²) in [7, 11) is 0. The van der Waals surface area contributed by atoms with E-state index in [1.807, 2.05) is 0 Å². The molecule has 0 aromatic rings. The van der Waals surface area contributed by atoms with Crippen LogP contribution in [0.5, 0.6) is 0 Å². The third-order valence-electron chi connectivity index (χ3n) is 1.09. The minimum absolute atomic E-state index is 0.164. The SMILES string of the molecule is C=C1C=NC(=O)C(C)=C1. The van der Waals surface area contributed by atoms with E-state index in [-0.39, 0.29) is 5.91 Å². The Morgan fingerprint density at radius 1 is 1.67 bits per heavy atom. The number of hydrogen-bond donors (Lipinski definition) is 0. The standard InChI is InChI=1S/C7H7NO/c1-5-3-6(2)7(9)8-4-5/h3-4H,1H2,2H3. The Kier molecular flexibility index (Phi) is 1.30. The zero-order chi connectivity index (χ0) is 6.85. The maximum Gasteiger partial charge on any atom is 0.272 e. The molecule has 0 spiro atoms. The second-order valence-corrected chi connectivity index (χ2v) is 1.97. The van der Waals surface area contributed by atoms with E-state index in [1.54, 1.807) is 13.0 Å². The number of nitrogens with zero attached hydrogens (tertiary/aromatic N) is 1. The summed E-state index contributed by atoms with van der Waals surface area (Å²) in [5.41, 5.74) is 1.44. The van der Waals surface area contributed by atoms with Gasteiger partial charge in [-0.25, -0.2) is 4.99 Å². The van der Waals surface area contributed by atoms with E-state index in [9.17, 15) is 4.79 Å². The molecule has 1 aliphatic heterocycles. The van der Waals surface area contributed by atoms with E-state index >= 15 is 0 Å². The number of carbonyl (C=O) groups is 1. The maximum atomic E-state index is 10.6. The van der Waals surface area contributed by atoms with Crippen LogP contribution >= 0.6 is 0 Å². The molecule has 0 atom stereocenters. The van der Waals surface area contributed by atoms with Crippen molar-refractivity contribution < 1.29 is 4.79 Å².